The molecule has 27 heavy (non-hydrogen) atoms. The molecule has 0 aliphatic carbocycles. The smallest absolute Gasteiger partial charge is 0.254 e. The Labute approximate surface area is 167 Å². The van der Waals surface area contributed by atoms with E-state index in [1.807, 2.05) is 17.4 Å². The number of fused-ring (bicyclic) bond motifs is 1. The number of rotatable bonds is 5. The molecule has 3 aromatic rings. The number of carbonyl (C=O) groups is 1. The van der Waals surface area contributed by atoms with Crippen molar-refractivity contribution in [2.45, 2.75) is 19.0 Å². The molecule has 0 radical (unpaired) electrons. The van der Waals surface area contributed by atoms with Gasteiger partial charge in [-0.05, 0) is 41.1 Å². The number of hydrogen-bond donors (Lipinski definition) is 2. The second-order valence-corrected chi connectivity index (χ2v) is 8.05. The van der Waals surface area contributed by atoms with E-state index >= 15 is 0 Å². The predicted octanol–water partition coefficient (Wildman–Crippen LogP) is 4.34. The van der Waals surface area contributed by atoms with Gasteiger partial charge in [-0.2, -0.15) is 0 Å². The molecule has 0 saturated heterocycles. The molecular formula is C21H21N3OS2. The summed E-state index contributed by atoms with van der Waals surface area (Å²) in [6.45, 7) is 2.46. The van der Waals surface area contributed by atoms with Crippen molar-refractivity contribution in [3.05, 3.63) is 86.3 Å². The van der Waals surface area contributed by atoms with Crippen LogP contribution in [0.3, 0.4) is 0 Å². The van der Waals surface area contributed by atoms with Gasteiger partial charge in [-0.15, -0.1) is 11.3 Å². The van der Waals surface area contributed by atoms with Crippen molar-refractivity contribution in [2.24, 2.45) is 0 Å². The van der Waals surface area contributed by atoms with Crippen molar-refractivity contribution in [3.8, 4) is 0 Å². The Morgan fingerprint density at radius 2 is 2.07 bits per heavy atom. The van der Waals surface area contributed by atoms with E-state index in [9.17, 15) is 4.79 Å². The Morgan fingerprint density at radius 3 is 2.89 bits per heavy atom. The van der Waals surface area contributed by atoms with Gasteiger partial charge in [0.25, 0.3) is 5.91 Å². The number of carbonyl (C=O) groups excluding carboxylic acids is 1. The molecule has 4 rings (SSSR count). The minimum atomic E-state index is -0.133. The van der Waals surface area contributed by atoms with Gasteiger partial charge in [0.05, 0.1) is 11.6 Å². The third-order valence-electron chi connectivity index (χ3n) is 4.98. The number of aromatic nitrogens is 1. The first-order chi connectivity index (χ1) is 13.2. The Kier molecular flexibility index (Phi) is 5.48. The molecule has 2 aromatic heterocycles. The molecule has 0 unspecified atom stereocenters. The molecule has 2 N–H and O–H groups in total. The van der Waals surface area contributed by atoms with Gasteiger partial charge >= 0.3 is 0 Å². The van der Waals surface area contributed by atoms with Crippen molar-refractivity contribution < 1.29 is 4.79 Å². The van der Waals surface area contributed by atoms with Crippen molar-refractivity contribution in [1.82, 2.24) is 15.2 Å². The number of hydrogen-bond acceptors (Lipinski definition) is 4. The van der Waals surface area contributed by atoms with Crippen molar-refractivity contribution >= 4 is 29.5 Å². The Hall–Kier alpha value is -2.28. The molecule has 3 heterocycles. The Bertz CT molecular complexity index is 980. The number of amides is 1. The van der Waals surface area contributed by atoms with Crippen LogP contribution in [0.4, 0.5) is 0 Å². The quantitative estimate of drug-likeness (QED) is 0.632. The molecule has 6 heteroatoms. The largest absolute Gasteiger partial charge is 0.352 e. The summed E-state index contributed by atoms with van der Waals surface area (Å²) in [6, 6.07) is 16.3. The summed E-state index contributed by atoms with van der Waals surface area (Å²) in [7, 11) is 0. The van der Waals surface area contributed by atoms with Crippen molar-refractivity contribution in [2.75, 3.05) is 13.1 Å². The van der Waals surface area contributed by atoms with E-state index in [1.165, 1.54) is 16.0 Å². The third-order valence-corrected chi connectivity index (χ3v) is 6.34. The summed E-state index contributed by atoms with van der Waals surface area (Å²) in [6.07, 6.45) is 2.80. The zero-order valence-corrected chi connectivity index (χ0v) is 16.5. The molecule has 1 aliphatic heterocycles. The summed E-state index contributed by atoms with van der Waals surface area (Å²) in [5, 5.41) is 5.26. The van der Waals surface area contributed by atoms with E-state index in [0.717, 1.165) is 19.5 Å². The van der Waals surface area contributed by atoms with Gasteiger partial charge in [-0.3, -0.25) is 9.69 Å². The SMILES string of the molecule is O=C(NC[C@H](c1ccccc1)N1CCc2sccc2C1)c1ccc[nH]c1=S. The number of thiophene rings is 1. The van der Waals surface area contributed by atoms with E-state index in [2.05, 4.69) is 50.9 Å². The normalized spacial score (nSPS) is 15.1. The predicted molar refractivity (Wildman–Crippen MR) is 112 cm³/mol. The van der Waals surface area contributed by atoms with Gasteiger partial charge < -0.3 is 10.3 Å². The number of benzene rings is 1. The lowest BCUT2D eigenvalue weighted by Crippen LogP contribution is -2.40. The molecule has 0 spiro atoms. The van der Waals surface area contributed by atoms with Gasteiger partial charge in [-0.25, -0.2) is 0 Å². The second-order valence-electron chi connectivity index (χ2n) is 6.64. The van der Waals surface area contributed by atoms with E-state index < -0.39 is 0 Å². The van der Waals surface area contributed by atoms with Gasteiger partial charge in [0.2, 0.25) is 0 Å². The maximum atomic E-state index is 12.6. The molecule has 1 atom stereocenters. The van der Waals surface area contributed by atoms with Crippen LogP contribution in [-0.4, -0.2) is 28.9 Å². The van der Waals surface area contributed by atoms with Gasteiger partial charge in [0.15, 0.2) is 0 Å². The standard InChI is InChI=1S/C21H21N3OS2/c25-20(17-7-4-10-22-21(17)26)23-13-18(15-5-2-1-3-6-15)24-11-8-19-16(14-24)9-12-27-19/h1-7,9-10,12,18H,8,11,13-14H2,(H,22,26)(H,23,25)/t18-/m1/s1. The van der Waals surface area contributed by atoms with Crippen LogP contribution in [0.25, 0.3) is 0 Å². The van der Waals surface area contributed by atoms with Gasteiger partial charge in [0, 0.05) is 30.7 Å². The first kappa shape index (κ1) is 18.1. The van der Waals surface area contributed by atoms with E-state index in [1.54, 1.807) is 18.3 Å². The van der Waals surface area contributed by atoms with Crippen LogP contribution >= 0.6 is 23.6 Å². The summed E-state index contributed by atoms with van der Waals surface area (Å²) < 4.78 is 0.465. The highest BCUT2D eigenvalue weighted by atomic mass is 32.1. The monoisotopic (exact) mass is 395 g/mol. The topological polar surface area (TPSA) is 48.1 Å². The molecule has 138 valence electrons. The van der Waals surface area contributed by atoms with Crippen LogP contribution in [0.2, 0.25) is 0 Å². The highest BCUT2D eigenvalue weighted by Crippen LogP contribution is 2.30. The van der Waals surface area contributed by atoms with Crippen LogP contribution in [0.1, 0.15) is 32.4 Å². The number of H-pyrrole nitrogens is 1. The fourth-order valence-corrected chi connectivity index (χ4v) is 4.67. The van der Waals surface area contributed by atoms with Crippen LogP contribution in [0.15, 0.2) is 60.1 Å². The number of pyridine rings is 1. The molecule has 1 aliphatic rings. The lowest BCUT2D eigenvalue weighted by atomic mass is 10.0. The molecular weight excluding hydrogens is 374 g/mol. The minimum Gasteiger partial charge on any atom is -0.352 e. The molecule has 1 amide bonds. The first-order valence-electron chi connectivity index (χ1n) is 9.02. The van der Waals surface area contributed by atoms with Crippen LogP contribution in [0, 0.1) is 4.64 Å². The molecule has 1 aromatic carbocycles. The summed E-state index contributed by atoms with van der Waals surface area (Å²) >= 11 is 7.08. The van der Waals surface area contributed by atoms with E-state index in [-0.39, 0.29) is 11.9 Å². The van der Waals surface area contributed by atoms with Crippen LogP contribution < -0.4 is 5.32 Å². The third kappa shape index (κ3) is 4.03. The molecule has 4 nitrogen and oxygen atoms in total. The van der Waals surface area contributed by atoms with Gasteiger partial charge in [-0.1, -0.05) is 42.5 Å². The number of aromatic amines is 1. The first-order valence-corrected chi connectivity index (χ1v) is 10.3. The maximum Gasteiger partial charge on any atom is 0.254 e. The molecule has 0 fully saturated rings. The summed E-state index contributed by atoms with van der Waals surface area (Å²) in [4.78, 5) is 19.5. The summed E-state index contributed by atoms with van der Waals surface area (Å²) in [5.74, 6) is -0.133. The summed E-state index contributed by atoms with van der Waals surface area (Å²) in [5.41, 5.74) is 3.14. The van der Waals surface area contributed by atoms with Crippen LogP contribution in [-0.2, 0) is 13.0 Å². The second kappa shape index (κ2) is 8.17. The zero-order chi connectivity index (χ0) is 18.6. The molecule has 0 bridgehead atoms. The van der Waals surface area contributed by atoms with E-state index in [4.69, 9.17) is 12.2 Å². The Morgan fingerprint density at radius 1 is 1.22 bits per heavy atom. The Balaban J connectivity index is 1.54. The average molecular weight is 396 g/mol. The number of nitrogens with one attached hydrogen (secondary N) is 2. The lowest BCUT2D eigenvalue weighted by Gasteiger charge is -2.35. The lowest BCUT2D eigenvalue weighted by molar-refractivity contribution is 0.0927. The highest BCUT2D eigenvalue weighted by Gasteiger charge is 2.26. The van der Waals surface area contributed by atoms with E-state index in [0.29, 0.717) is 16.7 Å². The fraction of sp³-hybridized carbons (Fsp3) is 0.238. The molecule has 0 saturated carbocycles. The zero-order valence-electron chi connectivity index (χ0n) is 14.9. The fourth-order valence-electron chi connectivity index (χ4n) is 3.55. The van der Waals surface area contributed by atoms with Crippen LogP contribution in [0.5, 0.6) is 0 Å². The maximum absolute atomic E-state index is 12.6. The minimum absolute atomic E-state index is 0.129. The van der Waals surface area contributed by atoms with Crippen molar-refractivity contribution in [3.63, 3.8) is 0 Å². The highest BCUT2D eigenvalue weighted by molar-refractivity contribution is 7.71. The van der Waals surface area contributed by atoms with Gasteiger partial charge in [0.1, 0.15) is 4.64 Å². The average Bonchev–Trinajstić information content (AvgIpc) is 3.17. The number of nitrogens with zero attached hydrogens (tertiary/aromatic N) is 1. The van der Waals surface area contributed by atoms with Crippen molar-refractivity contribution in [1.29, 1.82) is 0 Å².